The average Bonchev–Trinajstić information content (AvgIpc) is 3.07. The number of ether oxygens (including phenoxy) is 1. The standard InChI is InChI=1S/C21H25NO/c1-3-15-11-12-23-21-14-19(9-10-20(15)21)22(2)18-8-7-16-5-4-6-17(16)13-18/h7-10,13-15H,3-6,11-12H2,1-2H3/t15-/m1/s1. The van der Waals surface area contributed by atoms with Crippen LogP contribution < -0.4 is 9.64 Å². The van der Waals surface area contributed by atoms with Crippen LogP contribution in [0.5, 0.6) is 5.75 Å². The molecule has 0 bridgehead atoms. The molecule has 0 amide bonds. The number of nitrogens with zero attached hydrogens (tertiary/aromatic N) is 1. The molecule has 0 saturated heterocycles. The fourth-order valence-corrected chi connectivity index (χ4v) is 4.00. The number of hydrogen-bond acceptors (Lipinski definition) is 2. The molecule has 1 aliphatic carbocycles. The van der Waals surface area contributed by atoms with Crippen LogP contribution in [0.15, 0.2) is 36.4 Å². The van der Waals surface area contributed by atoms with Crippen LogP contribution in [0.25, 0.3) is 0 Å². The largest absolute Gasteiger partial charge is 0.493 e. The highest BCUT2D eigenvalue weighted by Crippen LogP contribution is 2.39. The Labute approximate surface area is 139 Å². The maximum absolute atomic E-state index is 5.93. The van der Waals surface area contributed by atoms with Gasteiger partial charge in [-0.2, -0.15) is 0 Å². The van der Waals surface area contributed by atoms with Gasteiger partial charge in [0.05, 0.1) is 6.61 Å². The van der Waals surface area contributed by atoms with E-state index >= 15 is 0 Å². The fraction of sp³-hybridized carbons (Fsp3) is 0.429. The Morgan fingerprint density at radius 1 is 1.04 bits per heavy atom. The lowest BCUT2D eigenvalue weighted by molar-refractivity contribution is 0.265. The van der Waals surface area contributed by atoms with Gasteiger partial charge in [-0.05, 0) is 72.9 Å². The Kier molecular flexibility index (Phi) is 3.76. The lowest BCUT2D eigenvalue weighted by Crippen LogP contribution is -2.15. The highest BCUT2D eigenvalue weighted by Gasteiger charge is 2.21. The van der Waals surface area contributed by atoms with Crippen LogP contribution in [-0.4, -0.2) is 13.7 Å². The van der Waals surface area contributed by atoms with E-state index in [-0.39, 0.29) is 0 Å². The van der Waals surface area contributed by atoms with E-state index in [4.69, 9.17) is 4.74 Å². The van der Waals surface area contributed by atoms with Gasteiger partial charge in [-0.1, -0.05) is 19.1 Å². The van der Waals surface area contributed by atoms with Crippen LogP contribution in [0, 0.1) is 0 Å². The molecule has 23 heavy (non-hydrogen) atoms. The van der Waals surface area contributed by atoms with E-state index in [9.17, 15) is 0 Å². The zero-order valence-corrected chi connectivity index (χ0v) is 14.1. The summed E-state index contributed by atoms with van der Waals surface area (Å²) in [6.45, 7) is 3.11. The van der Waals surface area contributed by atoms with Crippen molar-refractivity contribution in [1.82, 2.24) is 0 Å². The first kappa shape index (κ1) is 14.6. The van der Waals surface area contributed by atoms with Crippen molar-refractivity contribution in [2.24, 2.45) is 0 Å². The molecule has 2 aliphatic rings. The van der Waals surface area contributed by atoms with Gasteiger partial charge in [-0.3, -0.25) is 0 Å². The van der Waals surface area contributed by atoms with E-state index in [1.54, 1.807) is 0 Å². The normalized spacial score (nSPS) is 19.0. The van der Waals surface area contributed by atoms with Gasteiger partial charge < -0.3 is 9.64 Å². The molecule has 0 N–H and O–H groups in total. The smallest absolute Gasteiger partial charge is 0.124 e. The van der Waals surface area contributed by atoms with Crippen LogP contribution in [-0.2, 0) is 12.8 Å². The monoisotopic (exact) mass is 307 g/mol. The topological polar surface area (TPSA) is 12.5 Å². The zero-order chi connectivity index (χ0) is 15.8. The van der Waals surface area contributed by atoms with Gasteiger partial charge in [0.25, 0.3) is 0 Å². The molecular weight excluding hydrogens is 282 g/mol. The highest BCUT2D eigenvalue weighted by molar-refractivity contribution is 5.66. The number of benzene rings is 2. The summed E-state index contributed by atoms with van der Waals surface area (Å²) in [5, 5.41) is 0. The molecule has 0 aromatic heterocycles. The third-order valence-electron chi connectivity index (χ3n) is 5.51. The van der Waals surface area contributed by atoms with Crippen LogP contribution in [0.2, 0.25) is 0 Å². The quantitative estimate of drug-likeness (QED) is 0.771. The van der Waals surface area contributed by atoms with Gasteiger partial charge in [0, 0.05) is 24.5 Å². The minimum Gasteiger partial charge on any atom is -0.493 e. The van der Waals surface area contributed by atoms with Crippen LogP contribution in [0.3, 0.4) is 0 Å². The van der Waals surface area contributed by atoms with Gasteiger partial charge in [0.15, 0.2) is 0 Å². The van der Waals surface area contributed by atoms with Crippen molar-refractivity contribution in [3.8, 4) is 5.75 Å². The number of rotatable bonds is 3. The molecule has 2 nitrogen and oxygen atoms in total. The minimum atomic E-state index is 0.651. The molecule has 2 aromatic carbocycles. The molecule has 2 aromatic rings. The summed E-state index contributed by atoms with van der Waals surface area (Å²) in [6.07, 6.45) is 6.10. The molecular formula is C21H25NO. The van der Waals surface area contributed by atoms with Gasteiger partial charge in [-0.25, -0.2) is 0 Å². The predicted molar refractivity (Wildman–Crippen MR) is 96.1 cm³/mol. The molecule has 2 heteroatoms. The van der Waals surface area contributed by atoms with Crippen molar-refractivity contribution in [2.75, 3.05) is 18.6 Å². The number of fused-ring (bicyclic) bond motifs is 2. The van der Waals surface area contributed by atoms with Crippen LogP contribution in [0.4, 0.5) is 11.4 Å². The molecule has 0 radical (unpaired) electrons. The van der Waals surface area contributed by atoms with Crippen molar-refractivity contribution < 1.29 is 4.74 Å². The van der Waals surface area contributed by atoms with Crippen LogP contribution in [0.1, 0.15) is 48.8 Å². The third-order valence-corrected chi connectivity index (χ3v) is 5.51. The summed E-state index contributed by atoms with van der Waals surface area (Å²) in [6, 6.07) is 13.6. The second kappa shape index (κ2) is 5.92. The van der Waals surface area contributed by atoms with E-state index in [0.29, 0.717) is 5.92 Å². The SMILES string of the molecule is CC[C@@H]1CCOc2cc(N(C)c3ccc4c(c3)CCC4)ccc21. The Hall–Kier alpha value is -1.96. The number of hydrogen-bond donors (Lipinski definition) is 0. The molecule has 1 atom stereocenters. The average molecular weight is 307 g/mol. The van der Waals surface area contributed by atoms with Crippen molar-refractivity contribution in [2.45, 2.75) is 44.9 Å². The highest BCUT2D eigenvalue weighted by atomic mass is 16.5. The Morgan fingerprint density at radius 2 is 1.83 bits per heavy atom. The summed E-state index contributed by atoms with van der Waals surface area (Å²) in [7, 11) is 2.15. The van der Waals surface area contributed by atoms with Gasteiger partial charge in [0.2, 0.25) is 0 Å². The maximum Gasteiger partial charge on any atom is 0.124 e. The van der Waals surface area contributed by atoms with Gasteiger partial charge in [0.1, 0.15) is 5.75 Å². The molecule has 4 rings (SSSR count). The Bertz CT molecular complexity index is 722. The number of anilines is 2. The first-order valence-electron chi connectivity index (χ1n) is 8.88. The van der Waals surface area contributed by atoms with E-state index in [1.807, 2.05) is 0 Å². The lowest BCUT2D eigenvalue weighted by atomic mass is 9.91. The Balaban J connectivity index is 1.65. The molecule has 1 heterocycles. The van der Waals surface area contributed by atoms with E-state index in [2.05, 4.69) is 55.3 Å². The molecule has 0 saturated carbocycles. The maximum atomic E-state index is 5.93. The van der Waals surface area contributed by atoms with E-state index < -0.39 is 0 Å². The molecule has 0 unspecified atom stereocenters. The molecule has 0 spiro atoms. The minimum absolute atomic E-state index is 0.651. The first-order chi connectivity index (χ1) is 11.3. The summed E-state index contributed by atoms with van der Waals surface area (Å²) in [4.78, 5) is 2.28. The van der Waals surface area contributed by atoms with Crippen molar-refractivity contribution >= 4 is 11.4 Å². The summed E-state index contributed by atoms with van der Waals surface area (Å²) < 4.78 is 5.93. The summed E-state index contributed by atoms with van der Waals surface area (Å²) >= 11 is 0. The van der Waals surface area contributed by atoms with Crippen molar-refractivity contribution in [3.63, 3.8) is 0 Å². The Morgan fingerprint density at radius 3 is 2.70 bits per heavy atom. The predicted octanol–water partition coefficient (Wildman–Crippen LogP) is 5.22. The third kappa shape index (κ3) is 2.60. The van der Waals surface area contributed by atoms with Gasteiger partial charge >= 0.3 is 0 Å². The zero-order valence-electron chi connectivity index (χ0n) is 14.1. The second-order valence-electron chi connectivity index (χ2n) is 6.83. The van der Waals surface area contributed by atoms with Crippen molar-refractivity contribution in [1.29, 1.82) is 0 Å². The van der Waals surface area contributed by atoms with Crippen LogP contribution >= 0.6 is 0 Å². The first-order valence-corrected chi connectivity index (χ1v) is 8.88. The summed E-state index contributed by atoms with van der Waals surface area (Å²) in [5.74, 6) is 1.73. The lowest BCUT2D eigenvalue weighted by Gasteiger charge is -2.27. The van der Waals surface area contributed by atoms with E-state index in [1.165, 1.54) is 53.7 Å². The molecule has 1 aliphatic heterocycles. The molecule has 0 fully saturated rings. The molecule has 120 valence electrons. The number of aryl methyl sites for hydroxylation is 2. The van der Waals surface area contributed by atoms with E-state index in [0.717, 1.165) is 18.8 Å². The second-order valence-corrected chi connectivity index (χ2v) is 6.83. The van der Waals surface area contributed by atoms with Crippen molar-refractivity contribution in [3.05, 3.63) is 53.1 Å². The van der Waals surface area contributed by atoms with Gasteiger partial charge in [-0.15, -0.1) is 0 Å². The summed E-state index contributed by atoms with van der Waals surface area (Å²) in [5.41, 5.74) is 6.91. The fourth-order valence-electron chi connectivity index (χ4n) is 4.00.